The van der Waals surface area contributed by atoms with E-state index in [4.69, 9.17) is 9.47 Å². The Morgan fingerprint density at radius 2 is 1.91 bits per heavy atom. The summed E-state index contributed by atoms with van der Waals surface area (Å²) in [6.07, 6.45) is 3.37. The topological polar surface area (TPSA) is 55.8 Å². The van der Waals surface area contributed by atoms with Gasteiger partial charge >= 0.3 is 0 Å². The summed E-state index contributed by atoms with van der Waals surface area (Å²) in [6, 6.07) is 13.5. The van der Waals surface area contributed by atoms with Gasteiger partial charge < -0.3 is 14.6 Å². The number of phenolic OH excluding ortho intramolecular Hbond substituents is 1. The predicted octanol–water partition coefficient (Wildman–Crippen LogP) is 3.55. The third-order valence-corrected chi connectivity index (χ3v) is 2.95. The quantitative estimate of drug-likeness (QED) is 0.482. The number of hydrogen-bond acceptors (Lipinski definition) is 4. The highest BCUT2D eigenvalue weighted by Crippen LogP contribution is 2.25. The molecule has 0 aliphatic carbocycles. The lowest BCUT2D eigenvalue weighted by atomic mass is 10.0. The van der Waals surface area contributed by atoms with Crippen LogP contribution in [0.25, 0.3) is 0 Å². The Hall–Kier alpha value is -2.75. The highest BCUT2D eigenvalue weighted by molar-refractivity contribution is 6.10. The molecule has 0 aromatic heterocycles. The van der Waals surface area contributed by atoms with Crippen molar-refractivity contribution in [3.05, 3.63) is 72.0 Å². The largest absolute Gasteiger partial charge is 0.507 e. The van der Waals surface area contributed by atoms with E-state index in [1.54, 1.807) is 48.7 Å². The van der Waals surface area contributed by atoms with Gasteiger partial charge in [0.05, 0.1) is 11.8 Å². The number of aromatic hydroxyl groups is 1. The number of allylic oxidation sites excluding steroid dienone is 1. The molecule has 2 rings (SSSR count). The first-order valence-corrected chi connectivity index (χ1v) is 7.00. The fourth-order valence-corrected chi connectivity index (χ4v) is 1.91. The summed E-state index contributed by atoms with van der Waals surface area (Å²) in [4.78, 5) is 12.3. The molecule has 0 saturated heterocycles. The van der Waals surface area contributed by atoms with E-state index in [9.17, 15) is 9.90 Å². The van der Waals surface area contributed by atoms with Crippen molar-refractivity contribution in [2.24, 2.45) is 0 Å². The van der Waals surface area contributed by atoms with Gasteiger partial charge in [0.2, 0.25) is 0 Å². The van der Waals surface area contributed by atoms with Crippen molar-refractivity contribution in [2.45, 2.75) is 6.92 Å². The van der Waals surface area contributed by atoms with Crippen LogP contribution in [0.15, 0.2) is 60.9 Å². The summed E-state index contributed by atoms with van der Waals surface area (Å²) in [5.41, 5.74) is 0.787. The molecule has 0 aliphatic heterocycles. The molecule has 0 aliphatic rings. The first-order chi connectivity index (χ1) is 10.7. The summed E-state index contributed by atoms with van der Waals surface area (Å²) in [6.45, 7) is 2.63. The molecule has 4 heteroatoms. The lowest BCUT2D eigenvalue weighted by molar-refractivity contribution is 0.103. The Labute approximate surface area is 129 Å². The molecule has 0 unspecified atom stereocenters. The number of ketones is 1. The van der Waals surface area contributed by atoms with Gasteiger partial charge in [-0.2, -0.15) is 0 Å². The van der Waals surface area contributed by atoms with Gasteiger partial charge in [-0.25, -0.2) is 0 Å². The van der Waals surface area contributed by atoms with Crippen LogP contribution in [0, 0.1) is 0 Å². The fourth-order valence-electron chi connectivity index (χ4n) is 1.91. The van der Waals surface area contributed by atoms with Crippen LogP contribution in [0.1, 0.15) is 22.8 Å². The lowest BCUT2D eigenvalue weighted by Gasteiger charge is -2.09. The maximum Gasteiger partial charge on any atom is 0.196 e. The van der Waals surface area contributed by atoms with Gasteiger partial charge in [0.15, 0.2) is 5.78 Å². The number of hydrogen-bond donors (Lipinski definition) is 1. The van der Waals surface area contributed by atoms with Crippen LogP contribution >= 0.6 is 0 Å². The molecule has 0 radical (unpaired) electrons. The Morgan fingerprint density at radius 3 is 2.59 bits per heavy atom. The minimum absolute atomic E-state index is 0.0966. The van der Waals surface area contributed by atoms with Gasteiger partial charge in [0, 0.05) is 11.6 Å². The average molecular weight is 298 g/mol. The van der Waals surface area contributed by atoms with E-state index in [1.165, 1.54) is 6.07 Å². The molecule has 2 aromatic carbocycles. The summed E-state index contributed by atoms with van der Waals surface area (Å²) in [5, 5.41) is 10.0. The van der Waals surface area contributed by atoms with E-state index < -0.39 is 0 Å². The van der Waals surface area contributed by atoms with Gasteiger partial charge in [-0.15, -0.1) is 0 Å². The zero-order chi connectivity index (χ0) is 15.8. The monoisotopic (exact) mass is 298 g/mol. The molecule has 0 spiro atoms. The van der Waals surface area contributed by atoms with Crippen LogP contribution in [0.2, 0.25) is 0 Å². The molecule has 0 heterocycles. The van der Waals surface area contributed by atoms with Gasteiger partial charge in [-0.05, 0) is 19.1 Å². The van der Waals surface area contributed by atoms with E-state index in [2.05, 4.69) is 0 Å². The molecule has 2 aromatic rings. The fraction of sp³-hybridized carbons (Fsp3) is 0.167. The molecular weight excluding hydrogens is 280 g/mol. The van der Waals surface area contributed by atoms with Crippen LogP contribution in [0.5, 0.6) is 11.5 Å². The number of carbonyl (C=O) groups is 1. The maximum atomic E-state index is 12.3. The second kappa shape index (κ2) is 7.88. The number of phenols is 1. The highest BCUT2D eigenvalue weighted by Gasteiger charge is 2.13. The van der Waals surface area contributed by atoms with Crippen LogP contribution in [0.3, 0.4) is 0 Å². The Kier molecular flexibility index (Phi) is 5.60. The third-order valence-electron chi connectivity index (χ3n) is 2.95. The zero-order valence-electron chi connectivity index (χ0n) is 12.4. The molecule has 0 fully saturated rings. The zero-order valence-corrected chi connectivity index (χ0v) is 12.4. The minimum Gasteiger partial charge on any atom is -0.507 e. The first-order valence-electron chi connectivity index (χ1n) is 7.00. The predicted molar refractivity (Wildman–Crippen MR) is 84.2 cm³/mol. The van der Waals surface area contributed by atoms with E-state index in [0.717, 1.165) is 0 Å². The molecule has 1 N–H and O–H groups in total. The summed E-state index contributed by atoms with van der Waals surface area (Å²) in [7, 11) is 0. The molecular formula is C18H18O4. The second-order valence-corrected chi connectivity index (χ2v) is 4.56. The maximum absolute atomic E-state index is 12.3. The van der Waals surface area contributed by atoms with Crippen molar-refractivity contribution in [1.82, 2.24) is 0 Å². The van der Waals surface area contributed by atoms with Gasteiger partial charge in [0.25, 0.3) is 0 Å². The summed E-state index contributed by atoms with van der Waals surface area (Å²) < 4.78 is 10.6. The lowest BCUT2D eigenvalue weighted by Crippen LogP contribution is -2.05. The molecule has 0 atom stereocenters. The van der Waals surface area contributed by atoms with Crippen molar-refractivity contribution in [3.63, 3.8) is 0 Å². The Bertz CT molecular complexity index is 647. The minimum atomic E-state index is -0.221. The van der Waals surface area contributed by atoms with Crippen LogP contribution in [-0.4, -0.2) is 24.1 Å². The van der Waals surface area contributed by atoms with E-state index in [-0.39, 0.29) is 17.1 Å². The number of rotatable bonds is 7. The molecule has 0 saturated carbocycles. The van der Waals surface area contributed by atoms with Crippen molar-refractivity contribution in [2.75, 3.05) is 13.2 Å². The Morgan fingerprint density at radius 1 is 1.14 bits per heavy atom. The SMILES string of the molecule is CC=COCCOc1ccc(C(=O)c2ccccc2)c(O)c1. The molecule has 0 bridgehead atoms. The number of carbonyl (C=O) groups excluding carboxylic acids is 1. The van der Waals surface area contributed by atoms with Crippen molar-refractivity contribution >= 4 is 5.78 Å². The smallest absolute Gasteiger partial charge is 0.196 e. The summed E-state index contributed by atoms with van der Waals surface area (Å²) in [5.74, 6) is 0.174. The molecule has 22 heavy (non-hydrogen) atoms. The van der Waals surface area contributed by atoms with E-state index >= 15 is 0 Å². The summed E-state index contributed by atoms with van der Waals surface area (Å²) >= 11 is 0. The van der Waals surface area contributed by atoms with Crippen LogP contribution in [-0.2, 0) is 4.74 Å². The highest BCUT2D eigenvalue weighted by atomic mass is 16.5. The first kappa shape index (κ1) is 15.6. The van der Waals surface area contributed by atoms with Crippen molar-refractivity contribution in [3.8, 4) is 11.5 Å². The Balaban J connectivity index is 2.02. The van der Waals surface area contributed by atoms with Gasteiger partial charge in [-0.1, -0.05) is 36.4 Å². The molecule has 114 valence electrons. The van der Waals surface area contributed by atoms with Gasteiger partial charge in [-0.3, -0.25) is 4.79 Å². The van der Waals surface area contributed by atoms with Gasteiger partial charge in [0.1, 0.15) is 24.7 Å². The third kappa shape index (κ3) is 4.12. The van der Waals surface area contributed by atoms with E-state index in [1.807, 2.05) is 13.0 Å². The molecule has 0 amide bonds. The number of ether oxygens (including phenoxy) is 2. The van der Waals surface area contributed by atoms with Crippen molar-refractivity contribution < 1.29 is 19.4 Å². The van der Waals surface area contributed by atoms with Crippen LogP contribution < -0.4 is 4.74 Å². The number of benzene rings is 2. The normalized spacial score (nSPS) is 10.6. The molecule has 4 nitrogen and oxygen atoms in total. The van der Waals surface area contributed by atoms with E-state index in [0.29, 0.717) is 24.5 Å². The second-order valence-electron chi connectivity index (χ2n) is 4.56. The average Bonchev–Trinajstić information content (AvgIpc) is 2.55. The van der Waals surface area contributed by atoms with Crippen molar-refractivity contribution in [1.29, 1.82) is 0 Å². The van der Waals surface area contributed by atoms with Crippen LogP contribution in [0.4, 0.5) is 0 Å². The standard InChI is InChI=1S/C18H18O4/c1-2-10-21-11-12-22-15-8-9-16(17(19)13-15)18(20)14-6-4-3-5-7-14/h2-10,13,19H,11-12H2,1H3.